The number of rotatable bonds is 9. The largest absolute Gasteiger partial charge is 0.465 e. The Morgan fingerprint density at radius 3 is 2.09 bits per heavy atom. The van der Waals surface area contributed by atoms with E-state index in [4.69, 9.17) is 9.84 Å². The third-order valence-corrected chi connectivity index (χ3v) is 7.68. The van der Waals surface area contributed by atoms with Gasteiger partial charge in [0.05, 0.1) is 24.2 Å². The van der Waals surface area contributed by atoms with E-state index in [-0.39, 0.29) is 12.5 Å². The molecule has 2 heterocycles. The van der Waals surface area contributed by atoms with Crippen molar-refractivity contribution in [2.75, 3.05) is 6.61 Å². The summed E-state index contributed by atoms with van der Waals surface area (Å²) in [6, 6.07) is 38.5. The highest BCUT2D eigenvalue weighted by molar-refractivity contribution is 7.07. The van der Waals surface area contributed by atoms with Crippen LogP contribution in [0.1, 0.15) is 12.5 Å². The fourth-order valence-electron chi connectivity index (χ4n) is 4.75. The lowest BCUT2D eigenvalue weighted by molar-refractivity contribution is -0.143. The molecule has 6 rings (SSSR count). The summed E-state index contributed by atoms with van der Waals surface area (Å²) >= 11 is 1.42. The van der Waals surface area contributed by atoms with E-state index in [2.05, 4.69) is 46.6 Å². The lowest BCUT2D eigenvalue weighted by Gasteiger charge is -2.08. The zero-order valence-corrected chi connectivity index (χ0v) is 24.4. The van der Waals surface area contributed by atoms with Crippen LogP contribution in [-0.4, -0.2) is 33.1 Å². The molecule has 0 spiro atoms. The number of esters is 1. The molecule has 0 unspecified atom stereocenters. The molecule has 6 aromatic rings. The van der Waals surface area contributed by atoms with Gasteiger partial charge in [-0.1, -0.05) is 103 Å². The number of carbonyl (C=O) groups is 1. The first-order chi connectivity index (χ1) is 21.2. The Kier molecular flexibility index (Phi) is 8.47. The summed E-state index contributed by atoms with van der Waals surface area (Å²) in [5, 5.41) is 15.9. The number of hydrogen-bond acceptors (Lipinski definition) is 6. The number of carbonyl (C=O) groups excluding carboxylic acids is 1. The Bertz CT molecular complexity index is 1910. The third-order valence-electron chi connectivity index (χ3n) is 6.83. The van der Waals surface area contributed by atoms with E-state index >= 15 is 0 Å². The molecule has 4 aromatic carbocycles. The summed E-state index contributed by atoms with van der Waals surface area (Å²) in [5.41, 5.74) is 7.67. The van der Waals surface area contributed by atoms with Crippen molar-refractivity contribution in [2.24, 2.45) is 10.2 Å². The molecule has 0 aliphatic carbocycles. The monoisotopic (exact) mass is 583 g/mol. The van der Waals surface area contributed by atoms with Gasteiger partial charge in [-0.05, 0) is 35.7 Å². The molecule has 212 valence electrons. The minimum Gasteiger partial charge on any atom is -0.465 e. The zero-order valence-electron chi connectivity index (χ0n) is 23.6. The van der Waals surface area contributed by atoms with Gasteiger partial charge in [-0.15, -0.1) is 16.4 Å². The third kappa shape index (κ3) is 6.45. The number of nitrogens with zero attached hydrogens (tertiary/aromatic N) is 5. The standard InChI is InChI=1S/C35H29N5O2S/c1-2-42-33(41)24-39-32(28-14-8-4-9-15-28)25-43-35(39)37-36-22-30-23-40(31-16-10-5-11-17-31)38-34(30)29-20-18-27(19-21-29)26-12-6-3-7-13-26/h3-23,25H,2,24H2,1H3/b36-22+,37-35+. The van der Waals surface area contributed by atoms with Crippen molar-refractivity contribution in [3.05, 3.63) is 137 Å². The van der Waals surface area contributed by atoms with Crippen LogP contribution >= 0.6 is 11.3 Å². The van der Waals surface area contributed by atoms with E-state index in [1.54, 1.807) is 13.1 Å². The predicted molar refractivity (Wildman–Crippen MR) is 172 cm³/mol. The van der Waals surface area contributed by atoms with Crippen LogP contribution in [0, 0.1) is 0 Å². The fraction of sp³-hybridized carbons (Fsp3) is 0.0857. The number of ether oxygens (including phenoxy) is 1. The molecule has 0 aliphatic rings. The van der Waals surface area contributed by atoms with Crippen molar-refractivity contribution in [3.63, 3.8) is 0 Å². The molecule has 0 radical (unpaired) electrons. The Morgan fingerprint density at radius 1 is 0.814 bits per heavy atom. The highest BCUT2D eigenvalue weighted by atomic mass is 32.1. The number of benzene rings is 4. The quantitative estimate of drug-likeness (QED) is 0.102. The fourth-order valence-corrected chi connectivity index (χ4v) is 5.61. The molecule has 0 N–H and O–H groups in total. The van der Waals surface area contributed by atoms with Crippen LogP contribution in [0.4, 0.5) is 0 Å². The summed E-state index contributed by atoms with van der Waals surface area (Å²) in [4.78, 5) is 13.1. The van der Waals surface area contributed by atoms with Gasteiger partial charge in [0.2, 0.25) is 4.80 Å². The molecule has 0 fully saturated rings. The van der Waals surface area contributed by atoms with Crippen LogP contribution in [-0.2, 0) is 16.1 Å². The van der Waals surface area contributed by atoms with Crippen LogP contribution in [0.3, 0.4) is 0 Å². The van der Waals surface area contributed by atoms with Gasteiger partial charge >= 0.3 is 5.97 Å². The van der Waals surface area contributed by atoms with E-state index < -0.39 is 0 Å². The first kappa shape index (κ1) is 27.8. The maximum atomic E-state index is 12.5. The maximum absolute atomic E-state index is 12.5. The molecule has 8 heteroatoms. The number of hydrogen-bond donors (Lipinski definition) is 0. The van der Waals surface area contributed by atoms with Gasteiger partial charge in [0.1, 0.15) is 12.2 Å². The second-order valence-electron chi connectivity index (χ2n) is 9.66. The highest BCUT2D eigenvalue weighted by Crippen LogP contribution is 2.27. The van der Waals surface area contributed by atoms with Crippen molar-refractivity contribution < 1.29 is 9.53 Å². The number of para-hydroxylation sites is 1. The molecule has 0 saturated heterocycles. The van der Waals surface area contributed by atoms with Gasteiger partial charge in [-0.25, -0.2) is 4.68 Å². The van der Waals surface area contributed by atoms with Gasteiger partial charge in [0, 0.05) is 22.7 Å². The van der Waals surface area contributed by atoms with Gasteiger partial charge < -0.3 is 9.30 Å². The lowest BCUT2D eigenvalue weighted by atomic mass is 10.0. The van der Waals surface area contributed by atoms with Crippen molar-refractivity contribution in [3.8, 4) is 39.3 Å². The van der Waals surface area contributed by atoms with Gasteiger partial charge in [-0.2, -0.15) is 10.2 Å². The molecule has 43 heavy (non-hydrogen) atoms. The number of thiazole rings is 1. The Balaban J connectivity index is 1.38. The molecule has 0 saturated carbocycles. The Morgan fingerprint density at radius 2 is 1.42 bits per heavy atom. The van der Waals surface area contributed by atoms with Gasteiger partial charge in [0.15, 0.2) is 0 Å². The topological polar surface area (TPSA) is 73.8 Å². The van der Waals surface area contributed by atoms with Crippen LogP contribution in [0.2, 0.25) is 0 Å². The summed E-state index contributed by atoms with van der Waals surface area (Å²) < 4.78 is 8.92. The SMILES string of the molecule is CCOC(=O)Cn1c(-c2ccccc2)cs/c1=N/N=C/c1cn(-c2ccccc2)nc1-c1ccc(-c2ccccc2)cc1. The van der Waals surface area contributed by atoms with E-state index in [0.717, 1.165) is 44.9 Å². The van der Waals surface area contributed by atoms with Crippen LogP contribution in [0.15, 0.2) is 137 Å². The molecule has 2 aromatic heterocycles. The molecular formula is C35H29N5O2S. The second kappa shape index (κ2) is 13.1. The highest BCUT2D eigenvalue weighted by Gasteiger charge is 2.14. The zero-order chi connectivity index (χ0) is 29.4. The minimum atomic E-state index is -0.325. The first-order valence-electron chi connectivity index (χ1n) is 14.0. The van der Waals surface area contributed by atoms with Gasteiger partial charge in [0.25, 0.3) is 0 Å². The van der Waals surface area contributed by atoms with E-state index in [0.29, 0.717) is 11.4 Å². The summed E-state index contributed by atoms with van der Waals surface area (Å²) in [5.74, 6) is -0.325. The Hall–Kier alpha value is -5.34. The minimum absolute atomic E-state index is 0.0425. The normalized spacial score (nSPS) is 11.7. The molecule has 0 atom stereocenters. The van der Waals surface area contributed by atoms with E-state index in [1.807, 2.05) is 99.7 Å². The van der Waals surface area contributed by atoms with Crippen molar-refractivity contribution in [2.45, 2.75) is 13.5 Å². The average molecular weight is 584 g/mol. The maximum Gasteiger partial charge on any atom is 0.326 e. The summed E-state index contributed by atoms with van der Waals surface area (Å²) in [6.45, 7) is 2.16. The lowest BCUT2D eigenvalue weighted by Crippen LogP contribution is -2.22. The van der Waals surface area contributed by atoms with Crippen molar-refractivity contribution >= 4 is 23.5 Å². The smallest absolute Gasteiger partial charge is 0.326 e. The van der Waals surface area contributed by atoms with Crippen molar-refractivity contribution in [1.29, 1.82) is 0 Å². The second-order valence-corrected chi connectivity index (χ2v) is 10.5. The van der Waals surface area contributed by atoms with E-state index in [9.17, 15) is 4.79 Å². The molecule has 7 nitrogen and oxygen atoms in total. The summed E-state index contributed by atoms with van der Waals surface area (Å²) in [6.07, 6.45) is 3.66. The number of aromatic nitrogens is 3. The van der Waals surface area contributed by atoms with Crippen LogP contribution in [0.5, 0.6) is 0 Å². The summed E-state index contributed by atoms with van der Waals surface area (Å²) in [7, 11) is 0. The first-order valence-corrected chi connectivity index (χ1v) is 14.8. The Labute approximate surface area is 253 Å². The molecule has 0 amide bonds. The van der Waals surface area contributed by atoms with Crippen LogP contribution in [0.25, 0.3) is 39.3 Å². The average Bonchev–Trinajstić information content (AvgIpc) is 3.67. The van der Waals surface area contributed by atoms with Gasteiger partial charge in [-0.3, -0.25) is 4.79 Å². The van der Waals surface area contributed by atoms with Crippen molar-refractivity contribution in [1.82, 2.24) is 14.3 Å². The molecule has 0 aliphatic heterocycles. The molecular weight excluding hydrogens is 554 g/mol. The van der Waals surface area contributed by atoms with E-state index in [1.165, 1.54) is 11.3 Å². The van der Waals surface area contributed by atoms with Crippen LogP contribution < -0.4 is 4.80 Å². The predicted octanol–water partition coefficient (Wildman–Crippen LogP) is 7.23. The molecule has 0 bridgehead atoms.